The number of anilines is 1. The van der Waals surface area contributed by atoms with E-state index in [1.807, 2.05) is 13.8 Å². The zero-order valence-electron chi connectivity index (χ0n) is 17.6. The third-order valence-electron chi connectivity index (χ3n) is 6.17. The van der Waals surface area contributed by atoms with Gasteiger partial charge in [0.05, 0.1) is 4.92 Å². The van der Waals surface area contributed by atoms with Crippen molar-refractivity contribution < 1.29 is 28.8 Å². The topological polar surface area (TPSA) is 158 Å². The molecular formula is C23H19N3O7. The maximum atomic E-state index is 13.9. The Balaban J connectivity index is 1.76. The minimum absolute atomic E-state index is 0.0192. The number of fused-ring (bicyclic) bond motifs is 5. The Morgan fingerprint density at radius 3 is 2.58 bits per heavy atom. The Kier molecular flexibility index (Phi) is 4.18. The van der Waals surface area contributed by atoms with E-state index < -0.39 is 33.6 Å². The number of amides is 1. The average molecular weight is 449 g/mol. The summed E-state index contributed by atoms with van der Waals surface area (Å²) in [5.41, 5.74) is 3.51. The van der Waals surface area contributed by atoms with E-state index in [0.29, 0.717) is 0 Å². The van der Waals surface area contributed by atoms with Crippen LogP contribution < -0.4 is 15.8 Å². The summed E-state index contributed by atoms with van der Waals surface area (Å²) in [4.78, 5) is 37.9. The maximum Gasteiger partial charge on any atom is 0.288 e. The molecule has 1 aromatic heterocycles. The van der Waals surface area contributed by atoms with E-state index in [0.717, 1.165) is 11.6 Å². The lowest BCUT2D eigenvalue weighted by Gasteiger charge is -2.34. The first-order chi connectivity index (χ1) is 15.6. The molecule has 0 fully saturated rings. The number of nitro benzene ring substituents is 1. The van der Waals surface area contributed by atoms with Crippen LogP contribution in [0.5, 0.6) is 5.75 Å². The molecule has 10 heteroatoms. The van der Waals surface area contributed by atoms with Crippen LogP contribution in [0.25, 0.3) is 0 Å². The van der Waals surface area contributed by atoms with Crippen molar-refractivity contribution in [3.63, 3.8) is 0 Å². The number of furan rings is 1. The molecule has 2 heterocycles. The van der Waals surface area contributed by atoms with Crippen LogP contribution in [-0.4, -0.2) is 21.7 Å². The van der Waals surface area contributed by atoms with Crippen LogP contribution >= 0.6 is 0 Å². The first-order valence-electron chi connectivity index (χ1n) is 10.2. The molecule has 5 rings (SSSR count). The number of nitrogens with one attached hydrogen (secondary N) is 1. The van der Waals surface area contributed by atoms with Gasteiger partial charge in [0.15, 0.2) is 11.6 Å². The van der Waals surface area contributed by atoms with E-state index in [2.05, 4.69) is 5.32 Å². The quantitative estimate of drug-likeness (QED) is 0.405. The third kappa shape index (κ3) is 2.58. The van der Waals surface area contributed by atoms with Gasteiger partial charge in [-0.1, -0.05) is 38.1 Å². The smallest absolute Gasteiger partial charge is 0.288 e. The highest BCUT2D eigenvalue weighted by Crippen LogP contribution is 2.59. The fourth-order valence-corrected chi connectivity index (χ4v) is 4.56. The summed E-state index contributed by atoms with van der Waals surface area (Å²) in [5, 5.41) is 26.0. The molecule has 3 aromatic rings. The molecule has 168 valence electrons. The second-order valence-electron chi connectivity index (χ2n) is 8.35. The molecule has 1 amide bonds. The maximum absolute atomic E-state index is 13.9. The van der Waals surface area contributed by atoms with Gasteiger partial charge in [-0.25, -0.2) is 0 Å². The summed E-state index contributed by atoms with van der Waals surface area (Å²) < 4.78 is 11.1. The molecule has 0 saturated heterocycles. The Labute approximate surface area is 187 Å². The number of rotatable bonds is 4. The van der Waals surface area contributed by atoms with Gasteiger partial charge in [0.2, 0.25) is 11.3 Å². The third-order valence-corrected chi connectivity index (χ3v) is 6.17. The number of benzene rings is 2. The zero-order chi connectivity index (χ0) is 23.7. The number of aliphatic hydroxyl groups is 1. The normalized spacial score (nSPS) is 22.5. The number of Topliss-reactive ketones (excluding diaryl/α,β-unsaturated/α-hetero) is 1. The van der Waals surface area contributed by atoms with Gasteiger partial charge in [-0.3, -0.25) is 19.7 Å². The summed E-state index contributed by atoms with van der Waals surface area (Å²) in [6.45, 7) is 3.93. The van der Waals surface area contributed by atoms with E-state index in [1.165, 1.54) is 24.3 Å². The second-order valence-corrected chi connectivity index (χ2v) is 8.35. The molecule has 1 aliphatic carbocycles. The van der Waals surface area contributed by atoms with E-state index >= 15 is 0 Å². The molecule has 0 spiro atoms. The van der Waals surface area contributed by atoms with Crippen molar-refractivity contribution in [2.45, 2.75) is 31.1 Å². The number of hydrogen-bond acceptors (Lipinski definition) is 8. The SMILES string of the molecule is CC(C)c1ccc2c(c1)OC1(O)c3cccc([N+](=O)[O-])c3C(=O)C21NC(=O)c1ccc(N)o1. The lowest BCUT2D eigenvalue weighted by molar-refractivity contribution is -0.385. The molecule has 1 aliphatic heterocycles. The van der Waals surface area contributed by atoms with Gasteiger partial charge in [0.25, 0.3) is 17.4 Å². The van der Waals surface area contributed by atoms with Crippen molar-refractivity contribution in [2.75, 3.05) is 5.73 Å². The lowest BCUT2D eigenvalue weighted by Crippen LogP contribution is -2.60. The standard InChI is InChI=1S/C23H19N3O7/c1-11(2)12-6-7-13-17(10-12)33-23(29)14-4-3-5-15(26(30)31)19(14)20(27)22(13,23)25-21(28)16-8-9-18(24)32-16/h3-11,29H,24H2,1-2H3,(H,25,28). The average Bonchev–Trinajstić information content (AvgIpc) is 3.37. The molecule has 0 bridgehead atoms. The van der Waals surface area contributed by atoms with Gasteiger partial charge in [-0.15, -0.1) is 0 Å². The highest BCUT2D eigenvalue weighted by atomic mass is 16.6. The Morgan fingerprint density at radius 2 is 1.94 bits per heavy atom. The zero-order valence-corrected chi connectivity index (χ0v) is 17.6. The van der Waals surface area contributed by atoms with Crippen LogP contribution in [0.15, 0.2) is 52.9 Å². The Morgan fingerprint density at radius 1 is 1.18 bits per heavy atom. The number of carbonyl (C=O) groups excluding carboxylic acids is 2. The predicted octanol–water partition coefficient (Wildman–Crippen LogP) is 2.95. The molecule has 33 heavy (non-hydrogen) atoms. The van der Waals surface area contributed by atoms with E-state index in [1.54, 1.807) is 18.2 Å². The van der Waals surface area contributed by atoms with E-state index in [-0.39, 0.29) is 40.0 Å². The molecule has 2 aromatic carbocycles. The van der Waals surface area contributed by atoms with Gasteiger partial charge >= 0.3 is 0 Å². The van der Waals surface area contributed by atoms with Crippen LogP contribution in [0.1, 0.15) is 57.4 Å². The molecule has 10 nitrogen and oxygen atoms in total. The van der Waals surface area contributed by atoms with Crippen LogP contribution in [0, 0.1) is 10.1 Å². The number of hydrogen-bond donors (Lipinski definition) is 3. The molecule has 2 atom stereocenters. The van der Waals surface area contributed by atoms with Crippen molar-refractivity contribution in [3.05, 3.63) is 86.7 Å². The summed E-state index contributed by atoms with van der Waals surface area (Å²) in [6.07, 6.45) is 0. The number of nitrogen functional groups attached to an aromatic ring is 1. The summed E-state index contributed by atoms with van der Waals surface area (Å²) in [7, 11) is 0. The fourth-order valence-electron chi connectivity index (χ4n) is 4.56. The van der Waals surface area contributed by atoms with Crippen molar-refractivity contribution in [1.29, 1.82) is 0 Å². The predicted molar refractivity (Wildman–Crippen MR) is 115 cm³/mol. The summed E-state index contributed by atoms with van der Waals surface area (Å²) in [6, 6.07) is 11.6. The number of ketones is 1. The van der Waals surface area contributed by atoms with Gasteiger partial charge in [-0.2, -0.15) is 0 Å². The molecule has 4 N–H and O–H groups in total. The molecule has 0 radical (unpaired) electrons. The van der Waals surface area contributed by atoms with Crippen molar-refractivity contribution in [3.8, 4) is 5.75 Å². The summed E-state index contributed by atoms with van der Waals surface area (Å²) >= 11 is 0. The van der Waals surface area contributed by atoms with E-state index in [9.17, 15) is 24.8 Å². The minimum Gasteiger partial charge on any atom is -0.454 e. The highest BCUT2D eigenvalue weighted by molar-refractivity contribution is 6.15. The van der Waals surface area contributed by atoms with Gasteiger partial charge in [-0.05, 0) is 23.6 Å². The number of nitrogens with zero attached hydrogens (tertiary/aromatic N) is 1. The second kappa shape index (κ2) is 6.66. The molecule has 2 unspecified atom stereocenters. The molecular weight excluding hydrogens is 430 g/mol. The van der Waals surface area contributed by atoms with Crippen LogP contribution in [0.3, 0.4) is 0 Å². The Hall–Kier alpha value is -4.18. The largest absolute Gasteiger partial charge is 0.454 e. The lowest BCUT2D eigenvalue weighted by atomic mass is 9.82. The monoisotopic (exact) mass is 449 g/mol. The molecule has 2 aliphatic rings. The van der Waals surface area contributed by atoms with Crippen molar-refractivity contribution >= 4 is 23.3 Å². The van der Waals surface area contributed by atoms with Crippen LogP contribution in [0.4, 0.5) is 11.6 Å². The Bertz CT molecular complexity index is 1360. The van der Waals surface area contributed by atoms with Gasteiger partial charge < -0.3 is 25.3 Å². The van der Waals surface area contributed by atoms with Crippen LogP contribution in [-0.2, 0) is 11.3 Å². The van der Waals surface area contributed by atoms with E-state index in [4.69, 9.17) is 14.9 Å². The van der Waals surface area contributed by atoms with Crippen LogP contribution in [0.2, 0.25) is 0 Å². The molecule has 0 saturated carbocycles. The fraction of sp³-hybridized carbons (Fsp3) is 0.217. The number of ether oxygens (including phenoxy) is 1. The highest BCUT2D eigenvalue weighted by Gasteiger charge is 2.73. The minimum atomic E-state index is -2.42. The number of nitrogens with two attached hydrogens (primary N) is 1. The number of nitro groups is 1. The van der Waals surface area contributed by atoms with Crippen molar-refractivity contribution in [1.82, 2.24) is 5.32 Å². The first-order valence-corrected chi connectivity index (χ1v) is 10.2. The van der Waals surface area contributed by atoms with Gasteiger partial charge in [0, 0.05) is 23.3 Å². The van der Waals surface area contributed by atoms with Crippen molar-refractivity contribution in [2.24, 2.45) is 0 Å². The van der Waals surface area contributed by atoms with Gasteiger partial charge in [0.1, 0.15) is 11.3 Å². The number of carbonyl (C=O) groups is 2. The summed E-state index contributed by atoms with van der Waals surface area (Å²) in [5.74, 6) is -4.04. The first kappa shape index (κ1) is 20.7.